The van der Waals surface area contributed by atoms with Crippen LogP contribution in [-0.4, -0.2) is 54.3 Å². The molecular weight excluding hydrogens is 338 g/mol. The Morgan fingerprint density at radius 3 is 2.52 bits per heavy atom. The van der Waals surface area contributed by atoms with Crippen LogP contribution in [0.2, 0.25) is 5.02 Å². The number of rotatable bonds is 1. The van der Waals surface area contributed by atoms with Gasteiger partial charge in [-0.3, -0.25) is 9.59 Å². The minimum atomic E-state index is -0.447. The molecule has 0 radical (unpaired) electrons. The van der Waals surface area contributed by atoms with E-state index in [1.54, 1.807) is 11.0 Å². The third-order valence-corrected chi connectivity index (χ3v) is 5.08. The summed E-state index contributed by atoms with van der Waals surface area (Å²) in [6, 6.07) is 12.6. The molecule has 2 aliphatic heterocycles. The van der Waals surface area contributed by atoms with Crippen molar-refractivity contribution in [1.82, 2.24) is 9.80 Å². The number of halogens is 1. The summed E-state index contributed by atoms with van der Waals surface area (Å²) in [5.41, 5.74) is 3.01. The molecular formula is C19H18ClN3O2. The van der Waals surface area contributed by atoms with E-state index in [4.69, 9.17) is 11.6 Å². The fraction of sp³-hybridized carbons (Fsp3) is 0.263. The number of carbonyl (C=O) groups excluding carboxylic acids is 2. The van der Waals surface area contributed by atoms with Crippen LogP contribution in [0.15, 0.2) is 42.5 Å². The Morgan fingerprint density at radius 1 is 1.04 bits per heavy atom. The van der Waals surface area contributed by atoms with Crippen LogP contribution in [-0.2, 0) is 4.79 Å². The molecule has 0 bridgehead atoms. The van der Waals surface area contributed by atoms with E-state index in [9.17, 15) is 9.59 Å². The minimum Gasteiger partial charge on any atom is -0.324 e. The van der Waals surface area contributed by atoms with Crippen molar-refractivity contribution < 1.29 is 9.59 Å². The summed E-state index contributed by atoms with van der Waals surface area (Å²) in [7, 11) is 1.96. The standard InChI is InChI=1S/C19H18ClN3O2/c1-22-8-9-23-17(11-22)18(24)21-16-7-4-13(10-15(16)19(23)25)12-2-5-14(20)6-3-12/h2-7,10,17H,8-9,11H2,1H3,(H,21,24). The van der Waals surface area contributed by atoms with Crippen molar-refractivity contribution in [3.63, 3.8) is 0 Å². The smallest absolute Gasteiger partial charge is 0.256 e. The SMILES string of the molecule is CN1CCN2C(=O)c3cc(-c4ccc(Cl)cc4)ccc3NC(=O)C2C1. The molecule has 1 N–H and O–H groups in total. The zero-order chi connectivity index (χ0) is 17.6. The Labute approximate surface area is 151 Å². The van der Waals surface area contributed by atoms with E-state index in [-0.39, 0.29) is 11.8 Å². The second kappa shape index (κ2) is 6.17. The van der Waals surface area contributed by atoms with Crippen LogP contribution in [0.25, 0.3) is 11.1 Å². The summed E-state index contributed by atoms with van der Waals surface area (Å²) in [4.78, 5) is 29.4. The lowest BCUT2D eigenvalue weighted by atomic mass is 10.0. The van der Waals surface area contributed by atoms with E-state index >= 15 is 0 Å². The number of hydrogen-bond donors (Lipinski definition) is 1. The number of amides is 2. The predicted molar refractivity (Wildman–Crippen MR) is 97.8 cm³/mol. The summed E-state index contributed by atoms with van der Waals surface area (Å²) in [5, 5.41) is 3.58. The molecule has 0 aromatic heterocycles. The van der Waals surface area contributed by atoms with Crippen LogP contribution >= 0.6 is 11.6 Å². The highest BCUT2D eigenvalue weighted by Gasteiger charge is 2.38. The highest BCUT2D eigenvalue weighted by atomic mass is 35.5. The Morgan fingerprint density at radius 2 is 1.76 bits per heavy atom. The molecule has 2 aromatic carbocycles. The van der Waals surface area contributed by atoms with Crippen molar-refractivity contribution in [2.45, 2.75) is 6.04 Å². The van der Waals surface area contributed by atoms with Gasteiger partial charge in [0.25, 0.3) is 5.91 Å². The van der Waals surface area contributed by atoms with Crippen molar-refractivity contribution >= 4 is 29.1 Å². The quantitative estimate of drug-likeness (QED) is 0.855. The molecule has 1 saturated heterocycles. The van der Waals surface area contributed by atoms with Crippen LogP contribution in [0.1, 0.15) is 10.4 Å². The van der Waals surface area contributed by atoms with Crippen molar-refractivity contribution in [3.05, 3.63) is 53.1 Å². The topological polar surface area (TPSA) is 52.6 Å². The number of carbonyl (C=O) groups is 2. The van der Waals surface area contributed by atoms with E-state index < -0.39 is 6.04 Å². The molecule has 2 amide bonds. The summed E-state index contributed by atoms with van der Waals surface area (Å²) in [5.74, 6) is -0.222. The third-order valence-electron chi connectivity index (χ3n) is 4.83. The summed E-state index contributed by atoms with van der Waals surface area (Å²) in [6.07, 6.45) is 0. The van der Waals surface area contributed by atoms with Crippen molar-refractivity contribution in [3.8, 4) is 11.1 Å². The minimum absolute atomic E-state index is 0.0951. The van der Waals surface area contributed by atoms with Crippen molar-refractivity contribution in [1.29, 1.82) is 0 Å². The maximum Gasteiger partial charge on any atom is 0.256 e. The van der Waals surface area contributed by atoms with E-state index in [1.807, 2.05) is 43.4 Å². The highest BCUT2D eigenvalue weighted by Crippen LogP contribution is 2.30. The zero-order valence-electron chi connectivity index (χ0n) is 13.8. The lowest BCUT2D eigenvalue weighted by molar-refractivity contribution is -0.122. The van der Waals surface area contributed by atoms with Gasteiger partial charge in [-0.05, 0) is 42.4 Å². The highest BCUT2D eigenvalue weighted by molar-refractivity contribution is 6.30. The van der Waals surface area contributed by atoms with Crippen LogP contribution in [0, 0.1) is 0 Å². The molecule has 4 rings (SSSR count). The van der Waals surface area contributed by atoms with Gasteiger partial charge in [0.05, 0.1) is 11.3 Å². The number of nitrogens with zero attached hydrogens (tertiary/aromatic N) is 2. The average Bonchev–Trinajstić information content (AvgIpc) is 2.71. The molecule has 2 heterocycles. The Hall–Kier alpha value is -2.37. The first-order valence-electron chi connectivity index (χ1n) is 8.23. The second-order valence-electron chi connectivity index (χ2n) is 6.53. The Balaban J connectivity index is 1.75. The van der Waals surface area contributed by atoms with Gasteiger partial charge in [0.15, 0.2) is 0 Å². The van der Waals surface area contributed by atoms with Gasteiger partial charge in [-0.15, -0.1) is 0 Å². The van der Waals surface area contributed by atoms with Gasteiger partial charge < -0.3 is 15.1 Å². The van der Waals surface area contributed by atoms with E-state index in [1.165, 1.54) is 0 Å². The largest absolute Gasteiger partial charge is 0.324 e. The first kappa shape index (κ1) is 16.1. The average molecular weight is 356 g/mol. The summed E-state index contributed by atoms with van der Waals surface area (Å²) < 4.78 is 0. The van der Waals surface area contributed by atoms with Crippen LogP contribution < -0.4 is 5.32 Å². The number of hydrogen-bond acceptors (Lipinski definition) is 3. The molecule has 0 spiro atoms. The fourth-order valence-electron chi connectivity index (χ4n) is 3.41. The molecule has 128 valence electrons. The van der Waals surface area contributed by atoms with Gasteiger partial charge in [0.1, 0.15) is 6.04 Å². The molecule has 6 heteroatoms. The van der Waals surface area contributed by atoms with E-state index in [0.717, 1.165) is 17.7 Å². The van der Waals surface area contributed by atoms with Gasteiger partial charge in [-0.25, -0.2) is 0 Å². The molecule has 1 unspecified atom stereocenters. The first-order chi connectivity index (χ1) is 12.0. The van der Waals surface area contributed by atoms with Crippen molar-refractivity contribution in [2.24, 2.45) is 0 Å². The lowest BCUT2D eigenvalue weighted by Crippen LogP contribution is -2.57. The number of likely N-dealkylation sites (N-methyl/N-ethyl adjacent to an activating group) is 1. The van der Waals surface area contributed by atoms with Gasteiger partial charge in [-0.2, -0.15) is 0 Å². The van der Waals surface area contributed by atoms with Gasteiger partial charge >= 0.3 is 0 Å². The second-order valence-corrected chi connectivity index (χ2v) is 6.97. The lowest BCUT2D eigenvalue weighted by Gasteiger charge is -2.37. The molecule has 2 aliphatic rings. The maximum atomic E-state index is 13.1. The van der Waals surface area contributed by atoms with Crippen molar-refractivity contribution in [2.75, 3.05) is 32.0 Å². The monoisotopic (exact) mass is 355 g/mol. The first-order valence-corrected chi connectivity index (χ1v) is 8.61. The fourth-order valence-corrected chi connectivity index (χ4v) is 3.54. The van der Waals surface area contributed by atoms with Gasteiger partial charge in [-0.1, -0.05) is 29.8 Å². The third kappa shape index (κ3) is 2.90. The van der Waals surface area contributed by atoms with Gasteiger partial charge in [0, 0.05) is 24.7 Å². The molecule has 5 nitrogen and oxygen atoms in total. The predicted octanol–water partition coefficient (Wildman–Crippen LogP) is 2.72. The number of anilines is 1. The molecule has 0 saturated carbocycles. The van der Waals surface area contributed by atoms with Gasteiger partial charge in [0.2, 0.25) is 5.91 Å². The Kier molecular flexibility index (Phi) is 3.98. The molecule has 2 aromatic rings. The summed E-state index contributed by atoms with van der Waals surface area (Å²) >= 11 is 5.95. The molecule has 0 aliphatic carbocycles. The molecule has 25 heavy (non-hydrogen) atoms. The zero-order valence-corrected chi connectivity index (χ0v) is 14.6. The molecule has 1 fully saturated rings. The van der Waals surface area contributed by atoms with E-state index in [0.29, 0.717) is 29.4 Å². The number of benzene rings is 2. The number of fused-ring (bicyclic) bond motifs is 2. The van der Waals surface area contributed by atoms with E-state index in [2.05, 4.69) is 10.2 Å². The van der Waals surface area contributed by atoms with Crippen LogP contribution in [0.3, 0.4) is 0 Å². The maximum absolute atomic E-state index is 13.1. The normalized spacial score (nSPS) is 20.6. The molecule has 1 atom stereocenters. The Bertz CT molecular complexity index is 850. The van der Waals surface area contributed by atoms with Crippen LogP contribution in [0.4, 0.5) is 5.69 Å². The number of piperazine rings is 1. The summed E-state index contributed by atoms with van der Waals surface area (Å²) in [6.45, 7) is 1.87. The number of nitrogens with one attached hydrogen (secondary N) is 1. The van der Waals surface area contributed by atoms with Crippen LogP contribution in [0.5, 0.6) is 0 Å².